The number of benzene rings is 1. The van der Waals surface area contributed by atoms with E-state index in [-0.39, 0.29) is 11.4 Å². The molecular formula is C18H18FN3O. The van der Waals surface area contributed by atoms with Crippen molar-refractivity contribution in [3.63, 3.8) is 0 Å². The van der Waals surface area contributed by atoms with Gasteiger partial charge in [0.05, 0.1) is 12.2 Å². The molecule has 118 valence electrons. The Kier molecular flexibility index (Phi) is 4.10. The van der Waals surface area contributed by atoms with Crippen molar-refractivity contribution in [1.82, 2.24) is 9.38 Å². The lowest BCUT2D eigenvalue weighted by Crippen LogP contribution is -2.25. The molecule has 0 fully saturated rings. The molecule has 0 amide bonds. The summed E-state index contributed by atoms with van der Waals surface area (Å²) in [4.78, 5) is 18.9. The summed E-state index contributed by atoms with van der Waals surface area (Å²) in [7, 11) is 0. The van der Waals surface area contributed by atoms with Crippen LogP contribution >= 0.6 is 0 Å². The number of halogens is 1. The lowest BCUT2D eigenvalue weighted by molar-refractivity contribution is 0.627. The van der Waals surface area contributed by atoms with Gasteiger partial charge in [-0.1, -0.05) is 6.07 Å². The molecule has 0 atom stereocenters. The zero-order valence-corrected chi connectivity index (χ0v) is 13.2. The van der Waals surface area contributed by atoms with Crippen molar-refractivity contribution in [2.45, 2.75) is 20.4 Å². The Morgan fingerprint density at radius 3 is 2.61 bits per heavy atom. The Hall–Kier alpha value is -2.69. The fourth-order valence-corrected chi connectivity index (χ4v) is 2.57. The second-order valence-electron chi connectivity index (χ2n) is 5.51. The molecule has 4 nitrogen and oxygen atoms in total. The Labute approximate surface area is 133 Å². The van der Waals surface area contributed by atoms with Crippen LogP contribution in [0, 0.1) is 12.7 Å². The third-order valence-electron chi connectivity index (χ3n) is 3.79. The minimum absolute atomic E-state index is 0.0936. The molecule has 1 aromatic carbocycles. The van der Waals surface area contributed by atoms with E-state index < -0.39 is 0 Å². The highest BCUT2D eigenvalue weighted by Crippen LogP contribution is 2.17. The maximum Gasteiger partial charge on any atom is 0.258 e. The summed E-state index contributed by atoms with van der Waals surface area (Å²) in [6.07, 6.45) is 1.78. The molecule has 23 heavy (non-hydrogen) atoms. The van der Waals surface area contributed by atoms with Gasteiger partial charge in [0.1, 0.15) is 11.5 Å². The number of hydrogen-bond donors (Lipinski definition) is 0. The van der Waals surface area contributed by atoms with Crippen LogP contribution in [0.4, 0.5) is 10.1 Å². The molecule has 0 bridgehead atoms. The van der Waals surface area contributed by atoms with Gasteiger partial charge in [-0.15, -0.1) is 0 Å². The first-order valence-electron chi connectivity index (χ1n) is 7.56. The first kappa shape index (κ1) is 15.2. The van der Waals surface area contributed by atoms with Gasteiger partial charge in [-0.2, -0.15) is 0 Å². The molecule has 0 N–H and O–H groups in total. The molecule has 0 aliphatic carbocycles. The highest BCUT2D eigenvalue weighted by atomic mass is 19.1. The van der Waals surface area contributed by atoms with Crippen LogP contribution in [0.2, 0.25) is 0 Å². The van der Waals surface area contributed by atoms with Gasteiger partial charge in [0.15, 0.2) is 0 Å². The smallest absolute Gasteiger partial charge is 0.258 e. The maximum atomic E-state index is 13.1. The number of anilines is 1. The second-order valence-corrected chi connectivity index (χ2v) is 5.51. The summed E-state index contributed by atoms with van der Waals surface area (Å²) in [6.45, 7) is 5.19. The van der Waals surface area contributed by atoms with E-state index in [1.165, 1.54) is 12.1 Å². The first-order valence-corrected chi connectivity index (χ1v) is 7.56. The number of hydrogen-bond acceptors (Lipinski definition) is 3. The molecule has 0 saturated heterocycles. The van der Waals surface area contributed by atoms with Crippen LogP contribution in [0.25, 0.3) is 5.65 Å². The van der Waals surface area contributed by atoms with E-state index in [4.69, 9.17) is 0 Å². The summed E-state index contributed by atoms with van der Waals surface area (Å²) in [5.41, 5.74) is 3.15. The molecule has 3 rings (SSSR count). The van der Waals surface area contributed by atoms with Crippen LogP contribution in [-0.4, -0.2) is 15.9 Å². The summed E-state index contributed by atoms with van der Waals surface area (Å²) >= 11 is 0. The number of nitrogens with zero attached hydrogens (tertiary/aromatic N) is 3. The van der Waals surface area contributed by atoms with E-state index in [0.717, 1.165) is 17.8 Å². The Balaban J connectivity index is 1.95. The largest absolute Gasteiger partial charge is 0.366 e. The zero-order valence-electron chi connectivity index (χ0n) is 13.2. The number of pyridine rings is 1. The molecule has 2 aromatic heterocycles. The Bertz CT molecular complexity index is 887. The summed E-state index contributed by atoms with van der Waals surface area (Å²) in [6, 6.07) is 11.7. The fourth-order valence-electron chi connectivity index (χ4n) is 2.57. The van der Waals surface area contributed by atoms with E-state index in [0.29, 0.717) is 17.9 Å². The molecule has 0 unspecified atom stereocenters. The first-order chi connectivity index (χ1) is 11.1. The standard InChI is InChI=1S/C18H18FN3O/c1-3-21(16-7-5-14(19)6-8-16)12-15-10-18(23)22-11-13(2)4-9-17(22)20-15/h4-11H,3,12H2,1-2H3. The van der Waals surface area contributed by atoms with Gasteiger partial charge in [-0.25, -0.2) is 9.37 Å². The highest BCUT2D eigenvalue weighted by Gasteiger charge is 2.09. The van der Waals surface area contributed by atoms with Crippen molar-refractivity contribution in [3.8, 4) is 0 Å². The lowest BCUT2D eigenvalue weighted by atomic mass is 10.2. The van der Waals surface area contributed by atoms with Gasteiger partial charge < -0.3 is 4.90 Å². The third-order valence-corrected chi connectivity index (χ3v) is 3.79. The molecule has 0 spiro atoms. The van der Waals surface area contributed by atoms with E-state index >= 15 is 0 Å². The van der Waals surface area contributed by atoms with Gasteiger partial charge in [0, 0.05) is 24.5 Å². The van der Waals surface area contributed by atoms with Crippen molar-refractivity contribution in [1.29, 1.82) is 0 Å². The molecular weight excluding hydrogens is 293 g/mol. The van der Waals surface area contributed by atoms with Gasteiger partial charge in [0.25, 0.3) is 5.56 Å². The second kappa shape index (κ2) is 6.20. The van der Waals surface area contributed by atoms with Gasteiger partial charge >= 0.3 is 0 Å². The monoisotopic (exact) mass is 311 g/mol. The Morgan fingerprint density at radius 1 is 1.17 bits per heavy atom. The van der Waals surface area contributed by atoms with Crippen molar-refractivity contribution >= 4 is 11.3 Å². The van der Waals surface area contributed by atoms with E-state index in [9.17, 15) is 9.18 Å². The predicted molar refractivity (Wildman–Crippen MR) is 89.3 cm³/mol. The Morgan fingerprint density at radius 2 is 1.91 bits per heavy atom. The third kappa shape index (κ3) is 3.23. The maximum absolute atomic E-state index is 13.1. The van der Waals surface area contributed by atoms with Gasteiger partial charge in [0.2, 0.25) is 0 Å². The van der Waals surface area contributed by atoms with Crippen molar-refractivity contribution in [2.24, 2.45) is 0 Å². The van der Waals surface area contributed by atoms with Crippen LogP contribution in [0.1, 0.15) is 18.2 Å². The molecule has 5 heteroatoms. The average molecular weight is 311 g/mol. The van der Waals surface area contributed by atoms with E-state index in [2.05, 4.69) is 4.98 Å². The number of aryl methyl sites for hydroxylation is 1. The number of aromatic nitrogens is 2. The number of rotatable bonds is 4. The molecule has 3 aromatic rings. The normalized spacial score (nSPS) is 10.9. The molecule has 2 heterocycles. The van der Waals surface area contributed by atoms with E-state index in [1.807, 2.05) is 30.9 Å². The topological polar surface area (TPSA) is 37.6 Å². The predicted octanol–water partition coefficient (Wildman–Crippen LogP) is 3.17. The van der Waals surface area contributed by atoms with E-state index in [1.54, 1.807) is 28.8 Å². The van der Waals surface area contributed by atoms with Crippen LogP contribution in [0.5, 0.6) is 0 Å². The minimum Gasteiger partial charge on any atom is -0.366 e. The lowest BCUT2D eigenvalue weighted by Gasteiger charge is -2.22. The summed E-state index contributed by atoms with van der Waals surface area (Å²) < 4.78 is 14.6. The van der Waals surface area contributed by atoms with Crippen molar-refractivity contribution < 1.29 is 4.39 Å². The van der Waals surface area contributed by atoms with Crippen LogP contribution < -0.4 is 10.5 Å². The van der Waals surface area contributed by atoms with Crippen LogP contribution in [0.3, 0.4) is 0 Å². The fraction of sp³-hybridized carbons (Fsp3) is 0.222. The van der Waals surface area contributed by atoms with Gasteiger partial charge in [-0.3, -0.25) is 9.20 Å². The molecule has 0 aliphatic heterocycles. The SMILES string of the molecule is CCN(Cc1cc(=O)n2cc(C)ccc2n1)c1ccc(F)cc1. The molecule has 0 saturated carbocycles. The van der Waals surface area contributed by atoms with Crippen LogP contribution in [0.15, 0.2) is 53.5 Å². The summed E-state index contributed by atoms with van der Waals surface area (Å²) in [5, 5.41) is 0. The van der Waals surface area contributed by atoms with Gasteiger partial charge in [-0.05, 0) is 49.7 Å². The van der Waals surface area contributed by atoms with Crippen molar-refractivity contribution in [2.75, 3.05) is 11.4 Å². The molecule has 0 radical (unpaired) electrons. The van der Waals surface area contributed by atoms with Crippen molar-refractivity contribution in [3.05, 3.63) is 76.1 Å². The number of fused-ring (bicyclic) bond motifs is 1. The highest BCUT2D eigenvalue weighted by molar-refractivity contribution is 5.47. The average Bonchev–Trinajstić information content (AvgIpc) is 2.54. The molecule has 0 aliphatic rings. The zero-order chi connectivity index (χ0) is 16.4. The summed E-state index contributed by atoms with van der Waals surface area (Å²) in [5.74, 6) is -0.262. The van der Waals surface area contributed by atoms with Crippen LogP contribution in [-0.2, 0) is 6.54 Å². The minimum atomic E-state index is -0.262. The quantitative estimate of drug-likeness (QED) is 0.743.